The molecule has 7 heteroatoms. The van der Waals surface area contributed by atoms with Gasteiger partial charge in [0, 0.05) is 18.5 Å². The van der Waals surface area contributed by atoms with Crippen LogP contribution in [0.25, 0.3) is 10.2 Å². The predicted molar refractivity (Wildman–Crippen MR) is 101 cm³/mol. The molecule has 0 radical (unpaired) electrons. The van der Waals surface area contributed by atoms with Gasteiger partial charge < -0.3 is 4.74 Å². The average molecular weight is 366 g/mol. The van der Waals surface area contributed by atoms with Crippen LogP contribution in [0.3, 0.4) is 0 Å². The lowest BCUT2D eigenvalue weighted by Crippen LogP contribution is -2.38. The summed E-state index contributed by atoms with van der Waals surface area (Å²) in [5.41, 5.74) is -0.573. The fourth-order valence-corrected chi connectivity index (χ4v) is 4.41. The van der Waals surface area contributed by atoms with Gasteiger partial charge in [0.25, 0.3) is 5.56 Å². The normalized spacial score (nSPS) is 12.2. The van der Waals surface area contributed by atoms with Crippen LogP contribution in [0.15, 0.2) is 9.59 Å². The van der Waals surface area contributed by atoms with Gasteiger partial charge in [-0.3, -0.25) is 13.9 Å². The van der Waals surface area contributed by atoms with Gasteiger partial charge in [0.1, 0.15) is 4.83 Å². The Morgan fingerprint density at radius 3 is 2.32 bits per heavy atom. The van der Waals surface area contributed by atoms with Gasteiger partial charge in [-0.1, -0.05) is 34.6 Å². The summed E-state index contributed by atoms with van der Waals surface area (Å²) >= 11 is 1.35. The lowest BCUT2D eigenvalue weighted by atomic mass is 9.90. The second-order valence-electron chi connectivity index (χ2n) is 7.96. The first-order valence-electron chi connectivity index (χ1n) is 8.31. The van der Waals surface area contributed by atoms with Crippen molar-refractivity contribution in [3.8, 4) is 0 Å². The van der Waals surface area contributed by atoms with Gasteiger partial charge in [0.15, 0.2) is 0 Å². The highest BCUT2D eigenvalue weighted by Crippen LogP contribution is 2.34. The quantitative estimate of drug-likeness (QED) is 0.780. The summed E-state index contributed by atoms with van der Waals surface area (Å²) in [7, 11) is 2.75. The van der Waals surface area contributed by atoms with E-state index in [1.54, 1.807) is 4.57 Å². The zero-order valence-electron chi connectivity index (χ0n) is 15.9. The molecule has 25 heavy (non-hydrogen) atoms. The molecule has 0 N–H and O–H groups in total. The number of methoxy groups -OCH3 is 1. The highest BCUT2D eigenvalue weighted by Gasteiger charge is 2.28. The number of thiophene rings is 1. The van der Waals surface area contributed by atoms with Crippen molar-refractivity contribution in [3.63, 3.8) is 0 Å². The topological polar surface area (TPSA) is 70.3 Å². The van der Waals surface area contributed by atoms with Gasteiger partial charge in [-0.2, -0.15) is 0 Å². The van der Waals surface area contributed by atoms with Gasteiger partial charge in [-0.15, -0.1) is 11.3 Å². The van der Waals surface area contributed by atoms with Crippen molar-refractivity contribution in [1.29, 1.82) is 0 Å². The number of hydrogen-bond acceptors (Lipinski definition) is 5. The highest BCUT2D eigenvalue weighted by molar-refractivity contribution is 7.19. The average Bonchev–Trinajstić information content (AvgIpc) is 2.85. The zero-order chi connectivity index (χ0) is 19.1. The predicted octanol–water partition coefficient (Wildman–Crippen LogP) is 2.79. The van der Waals surface area contributed by atoms with Crippen LogP contribution < -0.4 is 11.2 Å². The Kier molecular flexibility index (Phi) is 5.27. The van der Waals surface area contributed by atoms with Crippen molar-refractivity contribution < 1.29 is 9.53 Å². The van der Waals surface area contributed by atoms with Crippen molar-refractivity contribution in [3.05, 3.63) is 31.3 Å². The van der Waals surface area contributed by atoms with Crippen molar-refractivity contribution >= 4 is 27.5 Å². The fraction of sp³-hybridized carbons (Fsp3) is 0.611. The maximum Gasteiger partial charge on any atom is 0.339 e. The lowest BCUT2D eigenvalue weighted by molar-refractivity contribution is 0.0602. The van der Waals surface area contributed by atoms with Gasteiger partial charge >= 0.3 is 11.7 Å². The van der Waals surface area contributed by atoms with Crippen molar-refractivity contribution in [2.75, 3.05) is 7.11 Å². The van der Waals surface area contributed by atoms with E-state index in [1.165, 1.54) is 25.5 Å². The molecule has 0 spiro atoms. The van der Waals surface area contributed by atoms with Gasteiger partial charge in [-0.05, 0) is 17.8 Å². The van der Waals surface area contributed by atoms with Crippen LogP contribution >= 0.6 is 11.3 Å². The standard InChI is InChI=1S/C18H26N2O4S/c1-10(2)9-20-15-13(14(21)19(6)17(20)23)12(16(22)24-7)11(25-15)8-18(3,4)5/h10H,8-9H2,1-7H3. The molecule has 0 amide bonds. The molecule has 0 saturated carbocycles. The fourth-order valence-electron chi connectivity index (χ4n) is 2.83. The first-order valence-corrected chi connectivity index (χ1v) is 9.13. The van der Waals surface area contributed by atoms with E-state index in [4.69, 9.17) is 4.74 Å². The Hall–Kier alpha value is -1.89. The van der Waals surface area contributed by atoms with Crippen LogP contribution in [0.2, 0.25) is 0 Å². The molecule has 0 bridgehead atoms. The van der Waals surface area contributed by atoms with E-state index in [0.717, 1.165) is 9.44 Å². The van der Waals surface area contributed by atoms with E-state index in [0.29, 0.717) is 28.7 Å². The molecule has 0 unspecified atom stereocenters. The van der Waals surface area contributed by atoms with Crippen molar-refractivity contribution in [2.45, 2.75) is 47.6 Å². The molecule has 2 rings (SSSR count). The van der Waals surface area contributed by atoms with E-state index in [1.807, 2.05) is 13.8 Å². The van der Waals surface area contributed by atoms with Crippen LogP contribution in [0.5, 0.6) is 0 Å². The number of carbonyl (C=O) groups excluding carboxylic acids is 1. The number of rotatable bonds is 4. The molecule has 0 atom stereocenters. The summed E-state index contributed by atoms with van der Waals surface area (Å²) in [6.45, 7) is 10.7. The lowest BCUT2D eigenvalue weighted by Gasteiger charge is -2.17. The smallest absolute Gasteiger partial charge is 0.339 e. The minimum atomic E-state index is -0.530. The molecule has 0 saturated heterocycles. The molecule has 2 aromatic rings. The van der Waals surface area contributed by atoms with Crippen LogP contribution in [0.4, 0.5) is 0 Å². The summed E-state index contributed by atoms with van der Waals surface area (Å²) in [4.78, 5) is 39.1. The number of aromatic nitrogens is 2. The Labute approximate surface area is 151 Å². The van der Waals surface area contributed by atoms with Gasteiger partial charge in [-0.25, -0.2) is 9.59 Å². The molecular formula is C18H26N2O4S. The molecular weight excluding hydrogens is 340 g/mol. The first-order chi connectivity index (χ1) is 11.5. The van der Waals surface area contributed by atoms with E-state index < -0.39 is 11.5 Å². The molecule has 0 aliphatic heterocycles. The number of ether oxygens (including phenoxy) is 1. The Morgan fingerprint density at radius 2 is 1.84 bits per heavy atom. The monoisotopic (exact) mass is 366 g/mol. The van der Waals surface area contributed by atoms with Crippen LogP contribution in [-0.2, 0) is 24.8 Å². The molecule has 0 fully saturated rings. The minimum absolute atomic E-state index is 0.0714. The zero-order valence-corrected chi connectivity index (χ0v) is 16.7. The number of fused-ring (bicyclic) bond motifs is 1. The third-order valence-corrected chi connectivity index (χ3v) is 5.08. The Balaban J connectivity index is 2.97. The maximum absolute atomic E-state index is 12.8. The second-order valence-corrected chi connectivity index (χ2v) is 9.04. The second kappa shape index (κ2) is 6.78. The van der Waals surface area contributed by atoms with E-state index in [2.05, 4.69) is 20.8 Å². The van der Waals surface area contributed by atoms with Crippen LogP contribution in [0, 0.1) is 11.3 Å². The molecule has 138 valence electrons. The largest absolute Gasteiger partial charge is 0.465 e. The Bertz CT molecular complexity index is 926. The molecule has 2 aromatic heterocycles. The van der Waals surface area contributed by atoms with E-state index >= 15 is 0 Å². The number of nitrogens with zero attached hydrogens (tertiary/aromatic N) is 2. The summed E-state index contributed by atoms with van der Waals surface area (Å²) in [5.74, 6) is -0.300. The summed E-state index contributed by atoms with van der Waals surface area (Å²) in [5, 5.41) is 0.291. The van der Waals surface area contributed by atoms with Crippen LogP contribution in [0.1, 0.15) is 49.9 Å². The third-order valence-electron chi connectivity index (χ3n) is 3.87. The number of carbonyl (C=O) groups is 1. The first kappa shape index (κ1) is 19.4. The molecule has 0 aliphatic rings. The van der Waals surface area contributed by atoms with Crippen molar-refractivity contribution in [1.82, 2.24) is 9.13 Å². The number of hydrogen-bond donors (Lipinski definition) is 0. The van der Waals surface area contributed by atoms with Crippen molar-refractivity contribution in [2.24, 2.45) is 18.4 Å². The highest BCUT2D eigenvalue weighted by atomic mass is 32.1. The summed E-state index contributed by atoms with van der Waals surface area (Å²) < 4.78 is 7.61. The molecule has 0 aromatic carbocycles. The van der Waals surface area contributed by atoms with Crippen LogP contribution in [-0.4, -0.2) is 22.2 Å². The number of esters is 1. The SMILES string of the molecule is COC(=O)c1c(CC(C)(C)C)sc2c1c(=O)n(C)c(=O)n2CC(C)C. The minimum Gasteiger partial charge on any atom is -0.465 e. The third kappa shape index (κ3) is 3.71. The maximum atomic E-state index is 12.8. The molecule has 0 aliphatic carbocycles. The van der Waals surface area contributed by atoms with Gasteiger partial charge in [0.05, 0.1) is 18.1 Å². The summed E-state index contributed by atoms with van der Waals surface area (Å²) in [6.07, 6.45) is 0.621. The van der Waals surface area contributed by atoms with E-state index in [9.17, 15) is 14.4 Å². The van der Waals surface area contributed by atoms with Gasteiger partial charge in [0.2, 0.25) is 0 Å². The molecule has 2 heterocycles. The Morgan fingerprint density at radius 1 is 1.24 bits per heavy atom. The molecule has 6 nitrogen and oxygen atoms in total. The van der Waals surface area contributed by atoms with E-state index in [-0.39, 0.29) is 17.0 Å². The summed E-state index contributed by atoms with van der Waals surface area (Å²) in [6, 6.07) is 0.